The zero-order valence-electron chi connectivity index (χ0n) is 11.4. The van der Waals surface area contributed by atoms with Crippen LogP contribution in [0.1, 0.15) is 30.5 Å². The molecule has 3 nitrogen and oxygen atoms in total. The number of aromatic nitrogens is 1. The van der Waals surface area contributed by atoms with Gasteiger partial charge in [-0.25, -0.2) is 4.98 Å². The zero-order chi connectivity index (χ0) is 13.5. The number of hydrogen-bond acceptors (Lipinski definition) is 4. The average molecular weight is 276 g/mol. The summed E-state index contributed by atoms with van der Waals surface area (Å²) in [5, 5.41) is 6.72. The van der Waals surface area contributed by atoms with Crippen LogP contribution in [0, 0.1) is 0 Å². The average Bonchev–Trinajstić information content (AvgIpc) is 2.93. The molecule has 2 aromatic rings. The molecule has 1 atom stereocenters. The van der Waals surface area contributed by atoms with E-state index in [2.05, 4.69) is 29.4 Å². The maximum absolute atomic E-state index is 5.44. The Morgan fingerprint density at radius 1 is 1.32 bits per heavy atom. The molecule has 1 heterocycles. The van der Waals surface area contributed by atoms with Crippen molar-refractivity contribution in [3.05, 3.63) is 46.4 Å². The molecule has 1 aromatic heterocycles. The van der Waals surface area contributed by atoms with Crippen LogP contribution in [0.4, 0.5) is 0 Å². The first-order chi connectivity index (χ1) is 9.29. The van der Waals surface area contributed by atoms with Gasteiger partial charge in [-0.05, 0) is 31.5 Å². The van der Waals surface area contributed by atoms with Gasteiger partial charge in [0.2, 0.25) is 0 Å². The fraction of sp³-hybridized carbons (Fsp3) is 0.400. The van der Waals surface area contributed by atoms with E-state index in [1.165, 1.54) is 10.6 Å². The normalized spacial score (nSPS) is 12.3. The zero-order valence-corrected chi connectivity index (χ0v) is 12.2. The van der Waals surface area contributed by atoms with Crippen molar-refractivity contribution in [2.45, 2.75) is 26.3 Å². The minimum absolute atomic E-state index is 0.343. The van der Waals surface area contributed by atoms with Gasteiger partial charge in [0.05, 0.1) is 11.6 Å². The van der Waals surface area contributed by atoms with Gasteiger partial charge in [0.1, 0.15) is 5.75 Å². The standard InChI is InChI=1S/C15H20N2OS/c1-3-18-14-6-4-13(5-7-14)12(2)16-9-8-15-17-10-11-19-15/h4-7,10-12,16H,3,8-9H2,1-2H3. The van der Waals surface area contributed by atoms with Crippen LogP contribution in [0.25, 0.3) is 0 Å². The molecular formula is C15H20N2OS. The lowest BCUT2D eigenvalue weighted by molar-refractivity contribution is 0.340. The summed E-state index contributed by atoms with van der Waals surface area (Å²) >= 11 is 1.71. The molecule has 0 spiro atoms. The quantitative estimate of drug-likeness (QED) is 0.841. The number of benzene rings is 1. The molecule has 1 aromatic carbocycles. The lowest BCUT2D eigenvalue weighted by Gasteiger charge is -2.14. The van der Waals surface area contributed by atoms with Crippen molar-refractivity contribution in [1.29, 1.82) is 0 Å². The van der Waals surface area contributed by atoms with E-state index in [0.717, 1.165) is 18.7 Å². The third-order valence-electron chi connectivity index (χ3n) is 2.96. The maximum Gasteiger partial charge on any atom is 0.119 e. The van der Waals surface area contributed by atoms with Crippen molar-refractivity contribution in [1.82, 2.24) is 10.3 Å². The van der Waals surface area contributed by atoms with Crippen molar-refractivity contribution < 1.29 is 4.74 Å². The summed E-state index contributed by atoms with van der Waals surface area (Å²) in [6.07, 6.45) is 2.84. The van der Waals surface area contributed by atoms with Crippen LogP contribution in [0.5, 0.6) is 5.75 Å². The Hall–Kier alpha value is -1.39. The highest BCUT2D eigenvalue weighted by Gasteiger charge is 2.05. The van der Waals surface area contributed by atoms with E-state index in [1.54, 1.807) is 11.3 Å². The van der Waals surface area contributed by atoms with Crippen molar-refractivity contribution in [3.63, 3.8) is 0 Å². The second-order valence-corrected chi connectivity index (χ2v) is 5.33. The van der Waals surface area contributed by atoms with Crippen LogP contribution >= 0.6 is 11.3 Å². The molecule has 0 aliphatic rings. The Labute approximate surface area is 118 Å². The van der Waals surface area contributed by atoms with Gasteiger partial charge in [0.25, 0.3) is 0 Å². The van der Waals surface area contributed by atoms with Gasteiger partial charge in [-0.15, -0.1) is 11.3 Å². The molecule has 0 bridgehead atoms. The van der Waals surface area contributed by atoms with Crippen molar-refractivity contribution >= 4 is 11.3 Å². The van der Waals surface area contributed by atoms with Crippen LogP contribution < -0.4 is 10.1 Å². The Kier molecular flexibility index (Phi) is 5.36. The SMILES string of the molecule is CCOc1ccc(C(C)NCCc2nccs2)cc1. The summed E-state index contributed by atoms with van der Waals surface area (Å²) in [4.78, 5) is 4.28. The first kappa shape index (κ1) is 14.0. The summed E-state index contributed by atoms with van der Waals surface area (Å²) in [5.41, 5.74) is 1.28. The van der Waals surface area contributed by atoms with Gasteiger partial charge in [-0.2, -0.15) is 0 Å². The smallest absolute Gasteiger partial charge is 0.119 e. The number of nitrogens with zero attached hydrogens (tertiary/aromatic N) is 1. The van der Waals surface area contributed by atoms with Gasteiger partial charge >= 0.3 is 0 Å². The fourth-order valence-corrected chi connectivity index (χ4v) is 2.53. The van der Waals surface area contributed by atoms with Gasteiger partial charge in [-0.1, -0.05) is 12.1 Å². The number of hydrogen-bond donors (Lipinski definition) is 1. The van der Waals surface area contributed by atoms with E-state index in [-0.39, 0.29) is 0 Å². The Morgan fingerprint density at radius 2 is 2.11 bits per heavy atom. The number of ether oxygens (including phenoxy) is 1. The van der Waals surface area contributed by atoms with Crippen molar-refractivity contribution in [2.75, 3.05) is 13.2 Å². The van der Waals surface area contributed by atoms with Crippen LogP contribution in [0.2, 0.25) is 0 Å². The Balaban J connectivity index is 1.80. The lowest BCUT2D eigenvalue weighted by Crippen LogP contribution is -2.21. The Bertz CT molecular complexity index is 467. The highest BCUT2D eigenvalue weighted by molar-refractivity contribution is 7.09. The van der Waals surface area contributed by atoms with Crippen LogP contribution in [0.15, 0.2) is 35.8 Å². The van der Waals surface area contributed by atoms with Gasteiger partial charge in [0.15, 0.2) is 0 Å². The molecule has 19 heavy (non-hydrogen) atoms. The summed E-state index contributed by atoms with van der Waals surface area (Å²) in [5.74, 6) is 0.932. The Morgan fingerprint density at radius 3 is 2.74 bits per heavy atom. The fourth-order valence-electron chi connectivity index (χ4n) is 1.91. The number of thiazole rings is 1. The van der Waals surface area contributed by atoms with Crippen molar-refractivity contribution in [3.8, 4) is 5.75 Å². The third kappa shape index (κ3) is 4.33. The molecule has 1 unspecified atom stereocenters. The minimum Gasteiger partial charge on any atom is -0.494 e. The van der Waals surface area contributed by atoms with Crippen LogP contribution in [-0.2, 0) is 6.42 Å². The van der Waals surface area contributed by atoms with E-state index >= 15 is 0 Å². The van der Waals surface area contributed by atoms with Gasteiger partial charge in [0, 0.05) is 30.6 Å². The number of rotatable bonds is 7. The van der Waals surface area contributed by atoms with Crippen LogP contribution in [-0.4, -0.2) is 18.1 Å². The van der Waals surface area contributed by atoms with Gasteiger partial charge in [-0.3, -0.25) is 0 Å². The third-order valence-corrected chi connectivity index (χ3v) is 3.80. The first-order valence-corrected chi connectivity index (χ1v) is 7.52. The summed E-state index contributed by atoms with van der Waals surface area (Å²) in [6, 6.07) is 8.63. The van der Waals surface area contributed by atoms with E-state index in [1.807, 2.05) is 30.6 Å². The number of nitrogens with one attached hydrogen (secondary N) is 1. The molecule has 4 heteroatoms. The predicted molar refractivity (Wildman–Crippen MR) is 79.8 cm³/mol. The molecule has 2 rings (SSSR count). The maximum atomic E-state index is 5.44. The van der Waals surface area contributed by atoms with Crippen molar-refractivity contribution in [2.24, 2.45) is 0 Å². The molecule has 0 aliphatic carbocycles. The summed E-state index contributed by atoms with van der Waals surface area (Å²) < 4.78 is 5.44. The van der Waals surface area contributed by atoms with Crippen LogP contribution in [0.3, 0.4) is 0 Å². The lowest BCUT2D eigenvalue weighted by atomic mass is 10.1. The molecular weight excluding hydrogens is 256 g/mol. The molecule has 1 N–H and O–H groups in total. The molecule has 0 amide bonds. The molecule has 0 fully saturated rings. The monoisotopic (exact) mass is 276 g/mol. The predicted octanol–water partition coefficient (Wildman–Crippen LogP) is 3.44. The molecule has 0 saturated heterocycles. The first-order valence-electron chi connectivity index (χ1n) is 6.64. The molecule has 0 saturated carbocycles. The largest absolute Gasteiger partial charge is 0.494 e. The summed E-state index contributed by atoms with van der Waals surface area (Å²) in [6.45, 7) is 5.83. The minimum atomic E-state index is 0.343. The molecule has 102 valence electrons. The van der Waals surface area contributed by atoms with Gasteiger partial charge < -0.3 is 10.1 Å². The molecule has 0 aliphatic heterocycles. The van der Waals surface area contributed by atoms with E-state index < -0.39 is 0 Å². The highest BCUT2D eigenvalue weighted by Crippen LogP contribution is 2.17. The van der Waals surface area contributed by atoms with E-state index in [9.17, 15) is 0 Å². The van der Waals surface area contributed by atoms with E-state index in [0.29, 0.717) is 12.6 Å². The summed E-state index contributed by atoms with van der Waals surface area (Å²) in [7, 11) is 0. The van der Waals surface area contributed by atoms with E-state index in [4.69, 9.17) is 4.74 Å². The highest BCUT2D eigenvalue weighted by atomic mass is 32.1. The second kappa shape index (κ2) is 7.26. The topological polar surface area (TPSA) is 34.1 Å². The second-order valence-electron chi connectivity index (χ2n) is 4.35. The molecule has 0 radical (unpaired) electrons.